The second-order valence-electron chi connectivity index (χ2n) is 9.47. The van der Waals surface area contributed by atoms with Gasteiger partial charge in [-0.2, -0.15) is 0 Å². The molecule has 3 aromatic carbocycles. The Bertz CT molecular complexity index is 1280. The van der Waals surface area contributed by atoms with Crippen LogP contribution >= 0.6 is 0 Å². The maximum Gasteiger partial charge on any atom is 0.326 e. The lowest BCUT2D eigenvalue weighted by atomic mass is 9.83. The fourth-order valence-electron chi connectivity index (χ4n) is 5.07. The number of amides is 3. The van der Waals surface area contributed by atoms with E-state index in [2.05, 4.69) is 16.0 Å². The Morgan fingerprint density at radius 3 is 2.31 bits per heavy atom. The zero-order valence-corrected chi connectivity index (χ0v) is 20.8. The highest BCUT2D eigenvalue weighted by atomic mass is 16.4. The summed E-state index contributed by atoms with van der Waals surface area (Å²) in [5, 5.41) is 20.0. The van der Waals surface area contributed by atoms with E-state index in [1.807, 2.05) is 56.3 Å². The quantitative estimate of drug-likeness (QED) is 0.322. The molecule has 0 heterocycles. The first-order valence-electron chi connectivity index (χ1n) is 12.6. The van der Waals surface area contributed by atoms with Crippen molar-refractivity contribution >= 4 is 40.1 Å². The molecule has 7 nitrogen and oxygen atoms in total. The van der Waals surface area contributed by atoms with E-state index in [0.29, 0.717) is 5.69 Å². The minimum Gasteiger partial charge on any atom is -0.480 e. The van der Waals surface area contributed by atoms with Gasteiger partial charge < -0.3 is 21.1 Å². The summed E-state index contributed by atoms with van der Waals surface area (Å²) in [7, 11) is 0. The standard InChI is InChI=1S/C29H33N3O4/c1-3-19-15-9-10-18(2)25(19)32-29(36)30-24-17-22-14-8-7-13-21(22)16-23(24)27(33)31-26(28(34)35)20-11-5-4-6-12-20/h7-10,13-17,20,26H,3-6,11-12H2,1-2H3,(H,31,33)(H,34,35)(H2,30,32,36)/t26-/m0/s1. The van der Waals surface area contributed by atoms with Gasteiger partial charge in [-0.25, -0.2) is 9.59 Å². The van der Waals surface area contributed by atoms with Crippen LogP contribution in [0.15, 0.2) is 54.6 Å². The summed E-state index contributed by atoms with van der Waals surface area (Å²) < 4.78 is 0. The fourth-order valence-corrected chi connectivity index (χ4v) is 5.07. The van der Waals surface area contributed by atoms with Crippen molar-refractivity contribution in [1.82, 2.24) is 5.32 Å². The molecular weight excluding hydrogens is 454 g/mol. The number of anilines is 2. The van der Waals surface area contributed by atoms with Crippen molar-refractivity contribution in [1.29, 1.82) is 0 Å². The number of aryl methyl sites for hydroxylation is 2. The fraction of sp³-hybridized carbons (Fsp3) is 0.345. The molecule has 3 aromatic rings. The molecule has 1 saturated carbocycles. The number of carboxylic acid groups (broad SMARTS) is 1. The molecule has 7 heteroatoms. The van der Waals surface area contributed by atoms with Crippen LogP contribution in [0, 0.1) is 12.8 Å². The van der Waals surface area contributed by atoms with E-state index in [9.17, 15) is 19.5 Å². The van der Waals surface area contributed by atoms with Crippen LogP contribution in [0.2, 0.25) is 0 Å². The number of hydrogen-bond donors (Lipinski definition) is 4. The predicted molar refractivity (Wildman–Crippen MR) is 143 cm³/mol. The second kappa shape index (κ2) is 11.2. The van der Waals surface area contributed by atoms with Crippen LogP contribution in [0.3, 0.4) is 0 Å². The van der Waals surface area contributed by atoms with Gasteiger partial charge in [0, 0.05) is 5.69 Å². The molecule has 4 N–H and O–H groups in total. The van der Waals surface area contributed by atoms with Crippen molar-refractivity contribution in [3.05, 3.63) is 71.3 Å². The minimum atomic E-state index is -1.03. The van der Waals surface area contributed by atoms with Gasteiger partial charge in [-0.3, -0.25) is 4.79 Å². The van der Waals surface area contributed by atoms with E-state index in [1.54, 1.807) is 12.1 Å². The highest BCUT2D eigenvalue weighted by molar-refractivity contribution is 6.10. The lowest BCUT2D eigenvalue weighted by molar-refractivity contribution is -0.141. The molecule has 188 valence electrons. The number of carbonyl (C=O) groups excluding carboxylic acids is 2. The third-order valence-corrected chi connectivity index (χ3v) is 7.03. The molecular formula is C29H33N3O4. The lowest BCUT2D eigenvalue weighted by Gasteiger charge is -2.28. The van der Waals surface area contributed by atoms with E-state index in [1.165, 1.54) is 0 Å². The number of benzene rings is 3. The van der Waals surface area contributed by atoms with Crippen LogP contribution in [0.4, 0.5) is 16.2 Å². The third-order valence-electron chi connectivity index (χ3n) is 7.03. The van der Waals surface area contributed by atoms with Gasteiger partial charge in [-0.1, -0.05) is 68.7 Å². The van der Waals surface area contributed by atoms with Crippen LogP contribution in [-0.2, 0) is 11.2 Å². The summed E-state index contributed by atoms with van der Waals surface area (Å²) in [5.41, 5.74) is 3.25. The SMILES string of the molecule is CCc1cccc(C)c1NC(=O)Nc1cc2ccccc2cc1C(=O)N[C@H](C(=O)O)C1CCCCC1. The summed E-state index contributed by atoms with van der Waals surface area (Å²) in [6.07, 6.45) is 5.33. The zero-order chi connectivity index (χ0) is 25.7. The topological polar surface area (TPSA) is 108 Å². The van der Waals surface area contributed by atoms with Gasteiger partial charge in [0.1, 0.15) is 6.04 Å². The number of para-hydroxylation sites is 1. The summed E-state index contributed by atoms with van der Waals surface area (Å²) >= 11 is 0. The van der Waals surface area contributed by atoms with Crippen molar-refractivity contribution in [2.24, 2.45) is 5.92 Å². The Labute approximate surface area is 211 Å². The van der Waals surface area contributed by atoms with Crippen LogP contribution in [-0.4, -0.2) is 29.1 Å². The van der Waals surface area contributed by atoms with E-state index < -0.39 is 23.9 Å². The monoisotopic (exact) mass is 487 g/mol. The first kappa shape index (κ1) is 25.2. The summed E-state index contributed by atoms with van der Waals surface area (Å²) in [5.74, 6) is -1.65. The number of urea groups is 1. The normalized spacial score (nSPS) is 14.7. The van der Waals surface area contributed by atoms with Crippen molar-refractivity contribution in [3.8, 4) is 0 Å². The van der Waals surface area contributed by atoms with Crippen molar-refractivity contribution in [2.75, 3.05) is 10.6 Å². The highest BCUT2D eigenvalue weighted by Gasteiger charge is 2.31. The van der Waals surface area contributed by atoms with Crippen LogP contribution in [0.5, 0.6) is 0 Å². The molecule has 1 atom stereocenters. The van der Waals surface area contributed by atoms with Crippen molar-refractivity contribution in [2.45, 2.75) is 58.4 Å². The molecule has 0 aliphatic heterocycles. The maximum atomic E-state index is 13.4. The smallest absolute Gasteiger partial charge is 0.326 e. The van der Waals surface area contributed by atoms with E-state index in [-0.39, 0.29) is 11.5 Å². The molecule has 0 saturated heterocycles. The van der Waals surface area contributed by atoms with Crippen LogP contribution in [0.25, 0.3) is 10.8 Å². The molecule has 1 fully saturated rings. The molecule has 1 aliphatic rings. The number of hydrogen-bond acceptors (Lipinski definition) is 3. The summed E-state index contributed by atoms with van der Waals surface area (Å²) in [4.78, 5) is 38.5. The molecule has 0 spiro atoms. The molecule has 36 heavy (non-hydrogen) atoms. The summed E-state index contributed by atoms with van der Waals surface area (Å²) in [6.45, 7) is 3.95. The Kier molecular flexibility index (Phi) is 7.88. The number of nitrogens with one attached hydrogen (secondary N) is 3. The van der Waals surface area contributed by atoms with Gasteiger partial charge in [0.15, 0.2) is 0 Å². The number of carboxylic acids is 1. The number of fused-ring (bicyclic) bond motifs is 1. The van der Waals surface area contributed by atoms with Gasteiger partial charge in [-0.15, -0.1) is 0 Å². The van der Waals surface area contributed by atoms with Gasteiger partial charge in [0.25, 0.3) is 5.91 Å². The van der Waals surface area contributed by atoms with E-state index >= 15 is 0 Å². The Morgan fingerprint density at radius 2 is 1.64 bits per heavy atom. The molecule has 0 bridgehead atoms. The van der Waals surface area contributed by atoms with Crippen molar-refractivity contribution < 1.29 is 19.5 Å². The van der Waals surface area contributed by atoms with Crippen LogP contribution < -0.4 is 16.0 Å². The molecule has 0 aromatic heterocycles. The third kappa shape index (κ3) is 5.67. The van der Waals surface area contributed by atoms with E-state index in [0.717, 1.165) is 66.1 Å². The first-order chi connectivity index (χ1) is 17.4. The largest absolute Gasteiger partial charge is 0.480 e. The van der Waals surface area contributed by atoms with E-state index in [4.69, 9.17) is 0 Å². The molecule has 0 unspecified atom stereocenters. The van der Waals surface area contributed by atoms with Gasteiger partial charge in [0.05, 0.1) is 11.3 Å². The molecule has 3 amide bonds. The second-order valence-corrected chi connectivity index (χ2v) is 9.47. The minimum absolute atomic E-state index is 0.103. The molecule has 1 aliphatic carbocycles. The van der Waals surface area contributed by atoms with Gasteiger partial charge >= 0.3 is 12.0 Å². The predicted octanol–water partition coefficient (Wildman–Crippen LogP) is 6.12. The molecule has 0 radical (unpaired) electrons. The highest BCUT2D eigenvalue weighted by Crippen LogP contribution is 2.29. The number of aliphatic carboxylic acids is 1. The molecule has 4 rings (SSSR count). The number of rotatable bonds is 7. The lowest BCUT2D eigenvalue weighted by Crippen LogP contribution is -2.46. The Balaban J connectivity index is 1.63. The van der Waals surface area contributed by atoms with Gasteiger partial charge in [-0.05, 0) is 66.1 Å². The Morgan fingerprint density at radius 1 is 0.944 bits per heavy atom. The van der Waals surface area contributed by atoms with Crippen LogP contribution in [0.1, 0.15) is 60.5 Å². The van der Waals surface area contributed by atoms with Gasteiger partial charge in [0.2, 0.25) is 0 Å². The van der Waals surface area contributed by atoms with Crippen molar-refractivity contribution in [3.63, 3.8) is 0 Å². The Hall–Kier alpha value is -3.87. The average Bonchev–Trinajstić information content (AvgIpc) is 2.88. The summed E-state index contributed by atoms with van der Waals surface area (Å²) in [6, 6.07) is 15.4. The maximum absolute atomic E-state index is 13.4. The number of carbonyl (C=O) groups is 3. The first-order valence-corrected chi connectivity index (χ1v) is 12.6. The zero-order valence-electron chi connectivity index (χ0n) is 20.8. The average molecular weight is 488 g/mol.